The van der Waals surface area contributed by atoms with Gasteiger partial charge in [0.05, 0.1) is 6.10 Å². The molecule has 0 bridgehead atoms. The fourth-order valence-corrected chi connectivity index (χ4v) is 2.52. The zero-order chi connectivity index (χ0) is 16.4. The molecule has 0 aromatic carbocycles. The lowest BCUT2D eigenvalue weighted by molar-refractivity contribution is 0.110. The van der Waals surface area contributed by atoms with E-state index < -0.39 is 0 Å². The van der Waals surface area contributed by atoms with E-state index in [1.54, 1.807) is 6.08 Å². The molecule has 1 atom stereocenters. The van der Waals surface area contributed by atoms with Crippen LogP contribution in [0, 0.1) is 0 Å². The zero-order valence-electron chi connectivity index (χ0n) is 14.2. The van der Waals surface area contributed by atoms with Crippen LogP contribution in [0.15, 0.2) is 48.5 Å². The predicted octanol–water partition coefficient (Wildman–Crippen LogP) is 4.75. The Morgan fingerprint density at radius 1 is 1.27 bits per heavy atom. The molecule has 1 aliphatic heterocycles. The van der Waals surface area contributed by atoms with E-state index in [1.165, 1.54) is 32.4 Å². The van der Waals surface area contributed by atoms with Crippen molar-refractivity contribution >= 4 is 0 Å². The van der Waals surface area contributed by atoms with E-state index in [1.807, 2.05) is 19.1 Å². The highest BCUT2D eigenvalue weighted by molar-refractivity contribution is 5.33. The number of unbranched alkanes of at least 4 members (excludes halogenated alkanes) is 1. The molecule has 1 N–H and O–H groups in total. The van der Waals surface area contributed by atoms with Crippen molar-refractivity contribution in [2.75, 3.05) is 19.6 Å². The highest BCUT2D eigenvalue weighted by Gasteiger charge is 2.18. The molecule has 0 saturated carbocycles. The molecule has 0 spiro atoms. The van der Waals surface area contributed by atoms with Crippen LogP contribution in [0.2, 0.25) is 0 Å². The summed E-state index contributed by atoms with van der Waals surface area (Å²) in [6.45, 7) is 14.9. The van der Waals surface area contributed by atoms with Crippen molar-refractivity contribution < 1.29 is 9.84 Å². The van der Waals surface area contributed by atoms with E-state index >= 15 is 0 Å². The van der Waals surface area contributed by atoms with Crippen LogP contribution in [-0.2, 0) is 4.74 Å². The Bertz CT molecular complexity index is 423. The summed E-state index contributed by atoms with van der Waals surface area (Å²) in [4.78, 5) is 2.55. The van der Waals surface area contributed by atoms with Gasteiger partial charge in [-0.1, -0.05) is 26.5 Å². The molecule has 1 saturated heterocycles. The minimum Gasteiger partial charge on any atom is -0.508 e. The average molecular weight is 305 g/mol. The maximum Gasteiger partial charge on any atom is 0.115 e. The highest BCUT2D eigenvalue weighted by atomic mass is 16.5. The van der Waals surface area contributed by atoms with Gasteiger partial charge in [-0.25, -0.2) is 0 Å². The highest BCUT2D eigenvalue weighted by Crippen LogP contribution is 2.18. The first-order chi connectivity index (χ1) is 10.6. The van der Waals surface area contributed by atoms with E-state index in [-0.39, 0.29) is 11.9 Å². The molecule has 124 valence electrons. The van der Waals surface area contributed by atoms with Crippen molar-refractivity contribution in [2.24, 2.45) is 0 Å². The molecule has 0 aromatic rings. The summed E-state index contributed by atoms with van der Waals surface area (Å²) in [5.74, 6) is 0.821. The summed E-state index contributed by atoms with van der Waals surface area (Å²) in [6, 6.07) is 0. The Balaban J connectivity index is 2.47. The topological polar surface area (TPSA) is 32.7 Å². The first-order valence-electron chi connectivity index (χ1n) is 8.37. The smallest absolute Gasteiger partial charge is 0.115 e. The molecular weight excluding hydrogens is 274 g/mol. The van der Waals surface area contributed by atoms with Gasteiger partial charge in [-0.15, -0.1) is 0 Å². The second-order valence-electron chi connectivity index (χ2n) is 5.86. The summed E-state index contributed by atoms with van der Waals surface area (Å²) in [5.41, 5.74) is 0.509. The van der Waals surface area contributed by atoms with E-state index in [4.69, 9.17) is 4.74 Å². The fraction of sp³-hybridized carbons (Fsp3) is 0.579. The van der Waals surface area contributed by atoms with Crippen molar-refractivity contribution in [3.8, 4) is 0 Å². The second kappa shape index (κ2) is 10.3. The largest absolute Gasteiger partial charge is 0.508 e. The predicted molar refractivity (Wildman–Crippen MR) is 93.9 cm³/mol. The molecule has 1 unspecified atom stereocenters. The molecule has 0 radical (unpaired) electrons. The lowest BCUT2D eigenvalue weighted by Gasteiger charge is -2.20. The molecule has 1 fully saturated rings. The van der Waals surface area contributed by atoms with Gasteiger partial charge in [0.1, 0.15) is 11.5 Å². The maximum absolute atomic E-state index is 9.25. The van der Waals surface area contributed by atoms with E-state index in [0.29, 0.717) is 5.57 Å². The van der Waals surface area contributed by atoms with Gasteiger partial charge in [0.15, 0.2) is 0 Å². The molecule has 0 aromatic heterocycles. The van der Waals surface area contributed by atoms with Crippen molar-refractivity contribution in [1.82, 2.24) is 4.90 Å². The maximum atomic E-state index is 9.25. The van der Waals surface area contributed by atoms with Gasteiger partial charge >= 0.3 is 0 Å². The van der Waals surface area contributed by atoms with Crippen LogP contribution in [0.3, 0.4) is 0 Å². The van der Waals surface area contributed by atoms with Gasteiger partial charge in [-0.05, 0) is 63.9 Å². The number of hydrogen-bond donors (Lipinski definition) is 1. The summed E-state index contributed by atoms with van der Waals surface area (Å²) < 4.78 is 6.10. The summed E-state index contributed by atoms with van der Waals surface area (Å²) >= 11 is 0. The van der Waals surface area contributed by atoms with E-state index in [2.05, 4.69) is 25.0 Å². The fourth-order valence-electron chi connectivity index (χ4n) is 2.52. The number of aliphatic hydroxyl groups excluding tert-OH is 1. The quantitative estimate of drug-likeness (QED) is 0.519. The summed E-state index contributed by atoms with van der Waals surface area (Å²) in [6.07, 6.45) is 11.7. The van der Waals surface area contributed by atoms with Crippen LogP contribution in [0.5, 0.6) is 0 Å². The van der Waals surface area contributed by atoms with Crippen molar-refractivity contribution in [3.05, 3.63) is 48.5 Å². The van der Waals surface area contributed by atoms with Crippen LogP contribution in [0.25, 0.3) is 0 Å². The van der Waals surface area contributed by atoms with Gasteiger partial charge < -0.3 is 14.7 Å². The van der Waals surface area contributed by atoms with Crippen LogP contribution < -0.4 is 0 Å². The van der Waals surface area contributed by atoms with Crippen molar-refractivity contribution in [3.63, 3.8) is 0 Å². The van der Waals surface area contributed by atoms with Gasteiger partial charge in [-0.3, -0.25) is 0 Å². The lowest BCUT2D eigenvalue weighted by atomic mass is 10.1. The normalized spacial score (nSPS) is 20.8. The molecule has 1 heterocycles. The van der Waals surface area contributed by atoms with Crippen LogP contribution in [0.4, 0.5) is 0 Å². The summed E-state index contributed by atoms with van der Waals surface area (Å²) in [5, 5.41) is 9.25. The molecule has 1 rings (SSSR count). The van der Waals surface area contributed by atoms with Crippen LogP contribution in [-0.4, -0.2) is 35.7 Å². The first kappa shape index (κ1) is 18.6. The molecule has 22 heavy (non-hydrogen) atoms. The van der Waals surface area contributed by atoms with Gasteiger partial charge in [-0.2, -0.15) is 0 Å². The Labute approximate surface area is 135 Å². The summed E-state index contributed by atoms with van der Waals surface area (Å²) in [7, 11) is 0. The molecule has 3 nitrogen and oxygen atoms in total. The van der Waals surface area contributed by atoms with Crippen LogP contribution >= 0.6 is 0 Å². The molecular formula is C19H31NO2. The van der Waals surface area contributed by atoms with E-state index in [0.717, 1.165) is 25.1 Å². The Kier molecular flexibility index (Phi) is 8.68. The van der Waals surface area contributed by atoms with Gasteiger partial charge in [0.25, 0.3) is 0 Å². The molecule has 0 amide bonds. The molecule has 3 heteroatoms. The van der Waals surface area contributed by atoms with Gasteiger partial charge in [0, 0.05) is 12.1 Å². The standard InChI is InChI=1S/C19H31NO2/c1-5-7-13-20-14-8-9-19(12-15-20)22-18(6-2)11-10-16(3)17(4)21/h6,10-11,19,21H,3-5,7-9,12-15H2,1-2H3/b11-10-,18-6+. The lowest BCUT2D eigenvalue weighted by Crippen LogP contribution is -2.26. The van der Waals surface area contributed by atoms with E-state index in [9.17, 15) is 5.11 Å². The Morgan fingerprint density at radius 2 is 2.05 bits per heavy atom. The zero-order valence-corrected chi connectivity index (χ0v) is 14.2. The number of ether oxygens (including phenoxy) is 1. The number of nitrogens with zero attached hydrogens (tertiary/aromatic N) is 1. The Morgan fingerprint density at radius 3 is 2.68 bits per heavy atom. The van der Waals surface area contributed by atoms with Gasteiger partial charge in [0.2, 0.25) is 0 Å². The first-order valence-corrected chi connectivity index (χ1v) is 8.37. The number of rotatable bonds is 8. The molecule has 0 aliphatic carbocycles. The number of aliphatic hydroxyl groups is 1. The average Bonchev–Trinajstić information content (AvgIpc) is 2.74. The third kappa shape index (κ3) is 6.99. The second-order valence-corrected chi connectivity index (χ2v) is 5.86. The van der Waals surface area contributed by atoms with Crippen molar-refractivity contribution in [2.45, 2.75) is 52.1 Å². The third-order valence-electron chi connectivity index (χ3n) is 4.00. The third-order valence-corrected chi connectivity index (χ3v) is 4.00. The molecule has 1 aliphatic rings. The number of likely N-dealkylation sites (tertiary alicyclic amines) is 1. The SMILES string of the molecule is C=C(O)C(=C)/C=C\C(=C/C)OC1CCCN(CCCC)CC1. The van der Waals surface area contributed by atoms with Crippen molar-refractivity contribution in [1.29, 1.82) is 0 Å². The number of allylic oxidation sites excluding steroid dienone is 3. The Hall–Kier alpha value is -1.48. The minimum absolute atomic E-state index is 0.00673. The monoisotopic (exact) mass is 305 g/mol. The minimum atomic E-state index is -0.00673. The van der Waals surface area contributed by atoms with Crippen LogP contribution in [0.1, 0.15) is 46.0 Å². The number of hydrogen-bond acceptors (Lipinski definition) is 3.